The summed E-state index contributed by atoms with van der Waals surface area (Å²) in [5.41, 5.74) is 2.31. The van der Waals surface area contributed by atoms with Crippen molar-refractivity contribution in [3.05, 3.63) is 29.8 Å². The fraction of sp³-hybridized carbons (Fsp3) is 0.500. The van der Waals surface area contributed by atoms with Crippen LogP contribution in [0.5, 0.6) is 0 Å². The molecule has 2 heterocycles. The summed E-state index contributed by atoms with van der Waals surface area (Å²) in [6.45, 7) is 2.72. The van der Waals surface area contributed by atoms with E-state index in [0.717, 1.165) is 43.2 Å². The second-order valence-corrected chi connectivity index (χ2v) is 6.02. The number of amides is 1. The number of carbonyl (C=O) groups is 1. The van der Waals surface area contributed by atoms with Gasteiger partial charge in [0.15, 0.2) is 0 Å². The average molecular weight is 262 g/mol. The fourth-order valence-corrected chi connectivity index (χ4v) is 3.63. The first kappa shape index (κ1) is 11.9. The maximum atomic E-state index is 12.6. The zero-order valence-corrected chi connectivity index (χ0v) is 11.2. The van der Waals surface area contributed by atoms with Crippen molar-refractivity contribution in [3.8, 4) is 0 Å². The smallest absolute Gasteiger partial charge is 0.230 e. The molecule has 1 atom stereocenters. The summed E-state index contributed by atoms with van der Waals surface area (Å²) in [6, 6.07) is 8.21. The van der Waals surface area contributed by atoms with Crippen LogP contribution in [0.4, 0.5) is 5.69 Å². The highest BCUT2D eigenvalue weighted by Gasteiger charge is 2.30. The van der Waals surface area contributed by atoms with Gasteiger partial charge in [0.25, 0.3) is 0 Å². The number of fused-ring (bicyclic) bond motifs is 1. The van der Waals surface area contributed by atoms with E-state index in [-0.39, 0.29) is 5.92 Å². The first-order chi connectivity index (χ1) is 8.86. The van der Waals surface area contributed by atoms with Gasteiger partial charge in [0.2, 0.25) is 5.91 Å². The number of anilines is 1. The number of rotatable bonds is 1. The van der Waals surface area contributed by atoms with Crippen LogP contribution in [-0.4, -0.2) is 41.9 Å². The van der Waals surface area contributed by atoms with E-state index in [0.29, 0.717) is 5.91 Å². The molecule has 4 heteroatoms. The highest BCUT2D eigenvalue weighted by Crippen LogP contribution is 2.33. The number of thioether (sulfide) groups is 1. The minimum absolute atomic E-state index is 0.0607. The number of nitrogens with one attached hydrogen (secondary N) is 1. The Morgan fingerprint density at radius 3 is 2.89 bits per heavy atom. The Kier molecular flexibility index (Phi) is 3.46. The van der Waals surface area contributed by atoms with Gasteiger partial charge in [0.1, 0.15) is 0 Å². The molecule has 96 valence electrons. The quantitative estimate of drug-likeness (QED) is 0.842. The van der Waals surface area contributed by atoms with Crippen molar-refractivity contribution in [2.75, 3.05) is 36.5 Å². The molecule has 2 aliphatic rings. The summed E-state index contributed by atoms with van der Waals surface area (Å²) >= 11 is 1.94. The van der Waals surface area contributed by atoms with Crippen LogP contribution in [0.3, 0.4) is 0 Å². The van der Waals surface area contributed by atoms with Crippen molar-refractivity contribution in [1.29, 1.82) is 0 Å². The number of benzene rings is 1. The molecule has 3 nitrogen and oxygen atoms in total. The van der Waals surface area contributed by atoms with Crippen molar-refractivity contribution < 1.29 is 4.79 Å². The molecular weight excluding hydrogens is 244 g/mol. The Labute approximate surface area is 112 Å². The Hall–Kier alpha value is -1.16. The lowest BCUT2D eigenvalue weighted by molar-refractivity contribution is -0.132. The van der Waals surface area contributed by atoms with Crippen LogP contribution in [0.25, 0.3) is 0 Å². The normalized spacial score (nSPS) is 23.1. The van der Waals surface area contributed by atoms with Crippen molar-refractivity contribution in [3.63, 3.8) is 0 Å². The molecule has 0 aliphatic carbocycles. The average Bonchev–Trinajstić information content (AvgIpc) is 2.47. The second kappa shape index (κ2) is 5.22. The third-order valence-electron chi connectivity index (χ3n) is 3.71. The minimum atomic E-state index is 0.0607. The molecule has 1 unspecified atom stereocenters. The van der Waals surface area contributed by atoms with Crippen LogP contribution in [0.2, 0.25) is 0 Å². The fourth-order valence-electron chi connectivity index (χ4n) is 2.73. The highest BCUT2D eigenvalue weighted by molar-refractivity contribution is 7.99. The molecule has 1 aromatic rings. The van der Waals surface area contributed by atoms with E-state index in [1.807, 2.05) is 28.8 Å². The highest BCUT2D eigenvalue weighted by atomic mass is 32.2. The molecule has 3 rings (SSSR count). The van der Waals surface area contributed by atoms with E-state index in [1.165, 1.54) is 5.56 Å². The summed E-state index contributed by atoms with van der Waals surface area (Å²) in [5, 5.41) is 3.38. The van der Waals surface area contributed by atoms with E-state index >= 15 is 0 Å². The van der Waals surface area contributed by atoms with Gasteiger partial charge >= 0.3 is 0 Å². The van der Waals surface area contributed by atoms with Gasteiger partial charge in [-0.3, -0.25) is 4.79 Å². The SMILES string of the molecule is O=C(C1CCNc2ccccc21)N1CCSCC1. The van der Waals surface area contributed by atoms with Gasteiger partial charge in [-0.25, -0.2) is 0 Å². The lowest BCUT2D eigenvalue weighted by atomic mass is 9.90. The maximum absolute atomic E-state index is 12.6. The molecular formula is C14H18N2OS. The van der Waals surface area contributed by atoms with Crippen LogP contribution in [-0.2, 0) is 4.79 Å². The Bertz CT molecular complexity index is 443. The predicted molar refractivity (Wildman–Crippen MR) is 76.2 cm³/mol. The molecule has 1 aromatic carbocycles. The zero-order chi connectivity index (χ0) is 12.4. The number of para-hydroxylation sites is 1. The van der Waals surface area contributed by atoms with Crippen LogP contribution in [0.1, 0.15) is 17.9 Å². The summed E-state index contributed by atoms with van der Waals surface area (Å²) in [5.74, 6) is 2.55. The van der Waals surface area contributed by atoms with Crippen molar-refractivity contribution >= 4 is 23.4 Å². The van der Waals surface area contributed by atoms with E-state index < -0.39 is 0 Å². The van der Waals surface area contributed by atoms with E-state index in [1.54, 1.807) is 0 Å². The Morgan fingerprint density at radius 1 is 1.28 bits per heavy atom. The van der Waals surface area contributed by atoms with Crippen molar-refractivity contribution in [2.45, 2.75) is 12.3 Å². The third kappa shape index (κ3) is 2.21. The lowest BCUT2D eigenvalue weighted by Crippen LogP contribution is -2.42. The maximum Gasteiger partial charge on any atom is 0.230 e. The first-order valence-electron chi connectivity index (χ1n) is 6.55. The summed E-state index contributed by atoms with van der Waals surface area (Å²) in [6.07, 6.45) is 0.916. The molecule has 0 saturated carbocycles. The van der Waals surface area contributed by atoms with E-state index in [2.05, 4.69) is 17.4 Å². The monoisotopic (exact) mass is 262 g/mol. The van der Waals surface area contributed by atoms with Crippen LogP contribution in [0, 0.1) is 0 Å². The van der Waals surface area contributed by atoms with E-state index in [9.17, 15) is 4.79 Å². The Balaban J connectivity index is 1.82. The first-order valence-corrected chi connectivity index (χ1v) is 7.71. The Morgan fingerprint density at radius 2 is 2.06 bits per heavy atom. The minimum Gasteiger partial charge on any atom is -0.385 e. The van der Waals surface area contributed by atoms with Gasteiger partial charge in [-0.2, -0.15) is 11.8 Å². The lowest BCUT2D eigenvalue weighted by Gasteiger charge is -2.33. The van der Waals surface area contributed by atoms with Crippen molar-refractivity contribution in [1.82, 2.24) is 4.90 Å². The molecule has 18 heavy (non-hydrogen) atoms. The molecule has 1 amide bonds. The summed E-state index contributed by atoms with van der Waals surface area (Å²) in [4.78, 5) is 14.6. The standard InChI is InChI=1S/C14H18N2OS/c17-14(16-7-9-18-10-8-16)12-5-6-15-13-4-2-1-3-11(12)13/h1-4,12,15H,5-10H2. The van der Waals surface area contributed by atoms with Gasteiger partial charge in [-0.05, 0) is 18.1 Å². The summed E-state index contributed by atoms with van der Waals surface area (Å²) < 4.78 is 0. The second-order valence-electron chi connectivity index (χ2n) is 4.79. The number of hydrogen-bond donors (Lipinski definition) is 1. The molecule has 0 aromatic heterocycles. The molecule has 0 radical (unpaired) electrons. The van der Waals surface area contributed by atoms with Gasteiger partial charge in [-0.15, -0.1) is 0 Å². The predicted octanol–water partition coefficient (Wildman–Crippen LogP) is 2.16. The van der Waals surface area contributed by atoms with Gasteiger partial charge in [0.05, 0.1) is 5.92 Å². The zero-order valence-electron chi connectivity index (χ0n) is 10.4. The molecule has 1 fully saturated rings. The number of hydrogen-bond acceptors (Lipinski definition) is 3. The van der Waals surface area contributed by atoms with Gasteiger partial charge < -0.3 is 10.2 Å². The largest absolute Gasteiger partial charge is 0.385 e. The molecule has 0 bridgehead atoms. The molecule has 2 aliphatic heterocycles. The van der Waals surface area contributed by atoms with Gasteiger partial charge in [0, 0.05) is 36.8 Å². The van der Waals surface area contributed by atoms with Crippen LogP contribution >= 0.6 is 11.8 Å². The number of nitrogens with zero attached hydrogens (tertiary/aromatic N) is 1. The van der Waals surface area contributed by atoms with Crippen LogP contribution in [0.15, 0.2) is 24.3 Å². The third-order valence-corrected chi connectivity index (χ3v) is 4.65. The molecule has 1 N–H and O–H groups in total. The molecule has 1 saturated heterocycles. The van der Waals surface area contributed by atoms with E-state index in [4.69, 9.17) is 0 Å². The number of carbonyl (C=O) groups excluding carboxylic acids is 1. The summed E-state index contributed by atoms with van der Waals surface area (Å²) in [7, 11) is 0. The van der Waals surface area contributed by atoms with Crippen molar-refractivity contribution in [2.24, 2.45) is 0 Å². The molecule has 0 spiro atoms. The van der Waals surface area contributed by atoms with Gasteiger partial charge in [-0.1, -0.05) is 18.2 Å². The van der Waals surface area contributed by atoms with Crippen LogP contribution < -0.4 is 5.32 Å². The topological polar surface area (TPSA) is 32.3 Å².